The van der Waals surface area contributed by atoms with E-state index in [-0.39, 0.29) is 0 Å². The van der Waals surface area contributed by atoms with Crippen LogP contribution in [0.3, 0.4) is 0 Å². The monoisotopic (exact) mass is 228 g/mol. The van der Waals surface area contributed by atoms with Crippen LogP contribution in [0.15, 0.2) is 36.7 Å². The zero-order valence-corrected chi connectivity index (χ0v) is 9.77. The molecule has 1 aromatic heterocycles. The molecule has 0 saturated heterocycles. The van der Waals surface area contributed by atoms with Gasteiger partial charge in [0.25, 0.3) is 0 Å². The minimum Gasteiger partial charge on any atom is -0.397 e. The van der Waals surface area contributed by atoms with Gasteiger partial charge in [-0.1, -0.05) is 0 Å². The largest absolute Gasteiger partial charge is 0.397 e. The highest BCUT2D eigenvalue weighted by Gasteiger charge is 1.99. The first-order valence-corrected chi connectivity index (χ1v) is 5.45. The van der Waals surface area contributed by atoms with Gasteiger partial charge in [-0.05, 0) is 42.3 Å². The third kappa shape index (κ3) is 2.66. The molecule has 0 radical (unpaired) electrons. The Morgan fingerprint density at radius 1 is 1.18 bits per heavy atom. The van der Waals surface area contributed by atoms with Crippen molar-refractivity contribution in [2.24, 2.45) is 0 Å². The van der Waals surface area contributed by atoms with E-state index in [1.807, 2.05) is 24.4 Å². The van der Waals surface area contributed by atoms with Gasteiger partial charge in [-0.3, -0.25) is 4.98 Å². The lowest BCUT2D eigenvalue weighted by Crippen LogP contribution is -2.03. The zero-order valence-electron chi connectivity index (χ0n) is 9.77. The molecule has 0 aliphatic carbocycles. The number of nitrogens with one attached hydrogen (secondary N) is 1. The van der Waals surface area contributed by atoms with Crippen molar-refractivity contribution in [1.29, 1.82) is 0 Å². The number of nitrogens with two attached hydrogens (primary N) is 2. The van der Waals surface area contributed by atoms with E-state index in [2.05, 4.69) is 17.2 Å². The predicted octanol–water partition coefficient (Wildman–Crippen LogP) is 2.17. The van der Waals surface area contributed by atoms with Crippen LogP contribution < -0.4 is 16.8 Å². The van der Waals surface area contributed by atoms with Crippen molar-refractivity contribution < 1.29 is 0 Å². The van der Waals surface area contributed by atoms with Crippen LogP contribution in [0.4, 0.5) is 17.1 Å². The first-order chi connectivity index (χ1) is 8.16. The van der Waals surface area contributed by atoms with Crippen molar-refractivity contribution >= 4 is 17.1 Å². The standard InChI is InChI=1S/C13H16N4/c1-9-4-5-16-7-10(9)8-17-11-2-3-12(14)13(15)6-11/h2-7,17H,8,14-15H2,1H3. The summed E-state index contributed by atoms with van der Waals surface area (Å²) in [5.74, 6) is 0. The van der Waals surface area contributed by atoms with E-state index in [9.17, 15) is 0 Å². The molecule has 0 fully saturated rings. The summed E-state index contributed by atoms with van der Waals surface area (Å²) in [5.41, 5.74) is 15.9. The second-order valence-corrected chi connectivity index (χ2v) is 4.00. The fraction of sp³-hybridized carbons (Fsp3) is 0.154. The van der Waals surface area contributed by atoms with Gasteiger partial charge in [-0.15, -0.1) is 0 Å². The van der Waals surface area contributed by atoms with Crippen molar-refractivity contribution in [2.45, 2.75) is 13.5 Å². The lowest BCUT2D eigenvalue weighted by atomic mass is 10.1. The zero-order chi connectivity index (χ0) is 12.3. The van der Waals surface area contributed by atoms with Crippen LogP contribution in [0, 0.1) is 6.92 Å². The van der Waals surface area contributed by atoms with E-state index in [4.69, 9.17) is 11.5 Å². The number of nitrogen functional groups attached to an aromatic ring is 2. The highest BCUT2D eigenvalue weighted by atomic mass is 14.9. The Balaban J connectivity index is 2.08. The highest BCUT2D eigenvalue weighted by Crippen LogP contribution is 2.20. The Morgan fingerprint density at radius 3 is 2.71 bits per heavy atom. The molecule has 4 heteroatoms. The minimum atomic E-state index is 0.595. The molecule has 0 bridgehead atoms. The molecule has 0 saturated carbocycles. The molecule has 17 heavy (non-hydrogen) atoms. The van der Waals surface area contributed by atoms with Gasteiger partial charge in [0.05, 0.1) is 11.4 Å². The molecule has 88 valence electrons. The molecule has 0 spiro atoms. The molecule has 0 amide bonds. The van der Waals surface area contributed by atoms with Crippen molar-refractivity contribution in [3.63, 3.8) is 0 Å². The molecule has 4 nitrogen and oxygen atoms in total. The summed E-state index contributed by atoms with van der Waals surface area (Å²) in [6.07, 6.45) is 3.66. The Morgan fingerprint density at radius 2 is 2.00 bits per heavy atom. The van der Waals surface area contributed by atoms with E-state index in [1.165, 1.54) is 11.1 Å². The number of hydrogen-bond donors (Lipinski definition) is 3. The first kappa shape index (κ1) is 11.3. The van der Waals surface area contributed by atoms with Gasteiger partial charge in [0.2, 0.25) is 0 Å². The summed E-state index contributed by atoms with van der Waals surface area (Å²) >= 11 is 0. The second-order valence-electron chi connectivity index (χ2n) is 4.00. The summed E-state index contributed by atoms with van der Waals surface area (Å²) in [5, 5.41) is 3.29. The predicted molar refractivity (Wildman–Crippen MR) is 71.6 cm³/mol. The Hall–Kier alpha value is -2.23. The maximum Gasteiger partial charge on any atom is 0.0568 e. The average molecular weight is 228 g/mol. The van der Waals surface area contributed by atoms with Crippen molar-refractivity contribution in [3.8, 4) is 0 Å². The van der Waals surface area contributed by atoms with E-state index < -0.39 is 0 Å². The van der Waals surface area contributed by atoms with Crippen molar-refractivity contribution in [3.05, 3.63) is 47.8 Å². The van der Waals surface area contributed by atoms with Crippen LogP contribution in [0.5, 0.6) is 0 Å². The SMILES string of the molecule is Cc1ccncc1CNc1ccc(N)c(N)c1. The molecule has 2 aromatic rings. The maximum absolute atomic E-state index is 5.74. The molecule has 0 atom stereocenters. The number of aromatic nitrogens is 1. The summed E-state index contributed by atoms with van der Waals surface area (Å²) in [7, 11) is 0. The van der Waals surface area contributed by atoms with Crippen molar-refractivity contribution in [1.82, 2.24) is 4.98 Å². The minimum absolute atomic E-state index is 0.595. The molecule has 1 heterocycles. The molecule has 0 aliphatic rings. The van der Waals surface area contributed by atoms with Gasteiger partial charge >= 0.3 is 0 Å². The van der Waals surface area contributed by atoms with Crippen LogP contribution in [-0.4, -0.2) is 4.98 Å². The Bertz CT molecular complexity index is 523. The van der Waals surface area contributed by atoms with E-state index in [0.29, 0.717) is 11.4 Å². The second kappa shape index (κ2) is 4.74. The lowest BCUT2D eigenvalue weighted by molar-refractivity contribution is 1.08. The summed E-state index contributed by atoms with van der Waals surface area (Å²) < 4.78 is 0. The lowest BCUT2D eigenvalue weighted by Gasteiger charge is -2.09. The summed E-state index contributed by atoms with van der Waals surface area (Å²) in [6.45, 7) is 2.79. The van der Waals surface area contributed by atoms with Gasteiger partial charge < -0.3 is 16.8 Å². The number of hydrogen-bond acceptors (Lipinski definition) is 4. The van der Waals surface area contributed by atoms with Crippen LogP contribution in [0.25, 0.3) is 0 Å². The fourth-order valence-electron chi connectivity index (χ4n) is 1.56. The number of rotatable bonds is 3. The fourth-order valence-corrected chi connectivity index (χ4v) is 1.56. The summed E-state index contributed by atoms with van der Waals surface area (Å²) in [4.78, 5) is 4.10. The molecule has 0 aliphatic heterocycles. The number of anilines is 3. The van der Waals surface area contributed by atoms with Gasteiger partial charge in [0, 0.05) is 24.6 Å². The van der Waals surface area contributed by atoms with Crippen LogP contribution in [0.1, 0.15) is 11.1 Å². The quantitative estimate of drug-likeness (QED) is 0.704. The van der Waals surface area contributed by atoms with Crippen molar-refractivity contribution in [2.75, 3.05) is 16.8 Å². The van der Waals surface area contributed by atoms with Gasteiger partial charge in [0.1, 0.15) is 0 Å². The normalized spacial score (nSPS) is 10.2. The molecular formula is C13H16N4. The Labute approximate surface area is 101 Å². The number of benzene rings is 1. The molecular weight excluding hydrogens is 212 g/mol. The number of nitrogens with zero attached hydrogens (tertiary/aromatic N) is 1. The molecule has 0 unspecified atom stereocenters. The number of pyridine rings is 1. The Kier molecular flexibility index (Phi) is 3.14. The molecule has 5 N–H and O–H groups in total. The van der Waals surface area contributed by atoms with E-state index in [0.717, 1.165) is 12.2 Å². The smallest absolute Gasteiger partial charge is 0.0568 e. The number of aryl methyl sites for hydroxylation is 1. The van der Waals surface area contributed by atoms with Crippen LogP contribution in [0.2, 0.25) is 0 Å². The van der Waals surface area contributed by atoms with Crippen LogP contribution in [-0.2, 0) is 6.54 Å². The van der Waals surface area contributed by atoms with Gasteiger partial charge in [-0.25, -0.2) is 0 Å². The summed E-state index contributed by atoms with van der Waals surface area (Å²) in [6, 6.07) is 7.54. The van der Waals surface area contributed by atoms with Crippen LogP contribution >= 0.6 is 0 Å². The van der Waals surface area contributed by atoms with Gasteiger partial charge in [-0.2, -0.15) is 0 Å². The molecule has 1 aromatic carbocycles. The first-order valence-electron chi connectivity index (χ1n) is 5.45. The topological polar surface area (TPSA) is 77.0 Å². The van der Waals surface area contributed by atoms with Gasteiger partial charge in [0.15, 0.2) is 0 Å². The highest BCUT2D eigenvalue weighted by molar-refractivity contribution is 5.69. The third-order valence-corrected chi connectivity index (χ3v) is 2.72. The molecule has 2 rings (SSSR count). The third-order valence-electron chi connectivity index (χ3n) is 2.72. The maximum atomic E-state index is 5.74. The van der Waals surface area contributed by atoms with E-state index >= 15 is 0 Å². The average Bonchev–Trinajstić information content (AvgIpc) is 2.32. The van der Waals surface area contributed by atoms with E-state index in [1.54, 1.807) is 12.3 Å².